The van der Waals surface area contributed by atoms with Gasteiger partial charge in [-0.15, -0.1) is 0 Å². The van der Waals surface area contributed by atoms with E-state index in [-0.39, 0.29) is 27.5 Å². The molecule has 0 unspecified atom stereocenters. The van der Waals surface area contributed by atoms with Crippen molar-refractivity contribution in [2.45, 2.75) is 0 Å². The van der Waals surface area contributed by atoms with Gasteiger partial charge in [0.2, 0.25) is 0 Å². The average Bonchev–Trinajstić information content (AvgIpc) is 4.28. The highest BCUT2D eigenvalue weighted by Gasteiger charge is 2.20. The highest BCUT2D eigenvalue weighted by Crippen LogP contribution is 2.41. The first-order valence-electron chi connectivity index (χ1n) is 29.6. The van der Waals surface area contributed by atoms with Crippen LogP contribution >= 0.6 is 0 Å². The maximum Gasteiger partial charge on any atom is 0.180 e. The molecule has 64 heavy (non-hydrogen) atoms. The van der Waals surface area contributed by atoms with Crippen molar-refractivity contribution in [2.24, 2.45) is 0 Å². The first kappa shape index (κ1) is 21.4. The van der Waals surface area contributed by atoms with Crippen LogP contribution in [0.1, 0.15) is 26.0 Å². The number of hydrogen-bond acceptors (Lipinski definition) is 3. The lowest BCUT2D eigenvalue weighted by molar-refractivity contribution is 0.667. The van der Waals surface area contributed by atoms with E-state index in [0.717, 1.165) is 32.1 Å². The molecular formula is C58H35N5O. The summed E-state index contributed by atoms with van der Waals surface area (Å²) in [4.78, 5) is 9.36. The van der Waals surface area contributed by atoms with Crippen LogP contribution in [-0.2, 0) is 0 Å². The number of hydrogen-bond donors (Lipinski definition) is 0. The second-order valence-electron chi connectivity index (χ2n) is 15.1. The van der Waals surface area contributed by atoms with E-state index in [0.29, 0.717) is 33.3 Å². The highest BCUT2D eigenvalue weighted by molar-refractivity contribution is 6.14. The second-order valence-corrected chi connectivity index (χ2v) is 15.1. The van der Waals surface area contributed by atoms with Gasteiger partial charge in [-0.3, -0.25) is 0 Å². The first-order valence-corrected chi connectivity index (χ1v) is 20.1. The van der Waals surface area contributed by atoms with E-state index >= 15 is 0 Å². The van der Waals surface area contributed by atoms with Gasteiger partial charge in [0.1, 0.15) is 23.1 Å². The lowest BCUT2D eigenvalue weighted by Gasteiger charge is -2.11. The quantitative estimate of drug-likeness (QED) is 0.173. The number of fused-ring (bicyclic) bond motifs is 12. The smallest absolute Gasteiger partial charge is 0.180 e. The predicted octanol–water partition coefficient (Wildman–Crippen LogP) is 15.0. The van der Waals surface area contributed by atoms with Gasteiger partial charge >= 0.3 is 0 Å². The maximum absolute atomic E-state index is 10.1. The van der Waals surface area contributed by atoms with E-state index in [9.17, 15) is 11.0 Å². The Morgan fingerprint density at radius 3 is 1.81 bits per heavy atom. The van der Waals surface area contributed by atoms with Crippen molar-refractivity contribution in [1.29, 1.82) is 0 Å². The maximum atomic E-state index is 10.1. The topological polar surface area (TPSA) is 53.7 Å². The molecule has 0 N–H and O–H groups in total. The third kappa shape index (κ3) is 5.02. The van der Waals surface area contributed by atoms with Crippen molar-refractivity contribution in [3.05, 3.63) is 212 Å². The monoisotopic (exact) mass is 836 g/mol. The van der Waals surface area contributed by atoms with Gasteiger partial charge in [-0.05, 0) is 95.9 Å². The van der Waals surface area contributed by atoms with Crippen molar-refractivity contribution in [1.82, 2.24) is 23.7 Å². The first-order chi connectivity index (χ1) is 39.7. The molecule has 0 aliphatic carbocycles. The Bertz CT molecular complexity index is 5270. The van der Waals surface area contributed by atoms with E-state index in [2.05, 4.69) is 38.8 Å². The molecule has 6 nitrogen and oxygen atoms in total. The lowest BCUT2D eigenvalue weighted by Crippen LogP contribution is -1.95. The molecule has 0 atom stereocenters. The van der Waals surface area contributed by atoms with Crippen LogP contribution in [0.2, 0.25) is 0 Å². The Hall–Kier alpha value is -8.74. The molecule has 0 saturated carbocycles. The van der Waals surface area contributed by atoms with E-state index in [1.54, 1.807) is 24.3 Å². The average molecular weight is 837 g/mol. The summed E-state index contributed by atoms with van der Waals surface area (Å²) >= 11 is 0. The van der Waals surface area contributed by atoms with Gasteiger partial charge in [0.25, 0.3) is 0 Å². The molecule has 0 spiro atoms. The fraction of sp³-hybridized carbons (Fsp3) is 0. The molecule has 9 aromatic carbocycles. The predicted molar refractivity (Wildman–Crippen MR) is 263 cm³/mol. The molecule has 14 aromatic rings. The van der Waals surface area contributed by atoms with E-state index in [1.165, 1.54) is 10.9 Å². The van der Waals surface area contributed by atoms with Crippen LogP contribution < -0.4 is 0 Å². The van der Waals surface area contributed by atoms with Gasteiger partial charge in [-0.25, -0.2) is 9.97 Å². The van der Waals surface area contributed by atoms with Gasteiger partial charge in [0.15, 0.2) is 5.58 Å². The minimum Gasteiger partial charge on any atom is -0.452 e. The number of nitrogens with zero attached hydrogens (tertiary/aromatic N) is 5. The molecular weight excluding hydrogens is 783 g/mol. The summed E-state index contributed by atoms with van der Waals surface area (Å²) in [5.74, 6) is 0. The molecule has 5 heterocycles. The van der Waals surface area contributed by atoms with Crippen LogP contribution in [0.15, 0.2) is 217 Å². The molecule has 0 aliphatic heterocycles. The van der Waals surface area contributed by atoms with E-state index in [4.69, 9.17) is 19.5 Å². The normalized spacial score (nSPS) is 16.2. The Morgan fingerprint density at radius 2 is 1.02 bits per heavy atom. The van der Waals surface area contributed by atoms with Crippen molar-refractivity contribution in [2.75, 3.05) is 0 Å². The highest BCUT2D eigenvalue weighted by atomic mass is 16.3. The van der Waals surface area contributed by atoms with Gasteiger partial charge in [-0.2, -0.15) is 0 Å². The van der Waals surface area contributed by atoms with Crippen molar-refractivity contribution in [3.63, 3.8) is 0 Å². The molecule has 6 heteroatoms. The largest absolute Gasteiger partial charge is 0.452 e. The van der Waals surface area contributed by atoms with E-state index in [1.807, 2.05) is 42.5 Å². The van der Waals surface area contributed by atoms with Crippen LogP contribution in [0.4, 0.5) is 0 Å². The van der Waals surface area contributed by atoms with Gasteiger partial charge in [-0.1, -0.05) is 121 Å². The second kappa shape index (κ2) is 13.4. The molecule has 298 valence electrons. The molecule has 0 fully saturated rings. The van der Waals surface area contributed by atoms with Gasteiger partial charge in [0, 0.05) is 60.3 Å². The Labute approximate surface area is 392 Å². The van der Waals surface area contributed by atoms with Crippen LogP contribution in [0.3, 0.4) is 0 Å². The lowest BCUT2D eigenvalue weighted by atomic mass is 10.0. The summed E-state index contributed by atoms with van der Waals surface area (Å²) in [5.41, 5.74) is 1.77. The zero-order chi connectivity index (χ0) is 58.4. The summed E-state index contributed by atoms with van der Waals surface area (Å²) < 4.78 is 184. The van der Waals surface area contributed by atoms with Crippen molar-refractivity contribution in [3.8, 4) is 39.4 Å². The van der Waals surface area contributed by atoms with Crippen LogP contribution in [0, 0.1) is 0 Å². The molecule has 5 aromatic heterocycles. The minimum atomic E-state index is -0.871. The fourth-order valence-electron chi connectivity index (χ4n) is 9.01. The standard InChI is InChI=1S/C58H35N5O/c1-2-14-39(15-3-1)61-52-24-11-7-20-45(52)47-32-36(26-29-53(47)61)37-25-28-46-44-19-6-10-23-51(44)63(54(46)33-37)40-16-12-13-38(31-40)56-58-57(60-35-59-56)48-34-41(27-30-55(48)64-58)62-49-21-8-4-17-42(49)43-18-5-9-22-50(43)62/h1-35H/i1D,2D,3D,6D,7D,10D,11D,14D,15D,19D,20D,23D,24D,25D,26D,28D,29D,32D,33D. The molecule has 14 rings (SSSR count). The zero-order valence-electron chi connectivity index (χ0n) is 51.9. The summed E-state index contributed by atoms with van der Waals surface area (Å²) in [6.45, 7) is 0. The van der Waals surface area contributed by atoms with Crippen molar-refractivity contribution < 1.29 is 30.5 Å². The fourth-order valence-corrected chi connectivity index (χ4v) is 9.01. The Kier molecular flexibility index (Phi) is 4.47. The number of aromatic nitrogens is 5. The van der Waals surface area contributed by atoms with Crippen LogP contribution in [0.25, 0.3) is 127 Å². The summed E-state index contributed by atoms with van der Waals surface area (Å²) in [6.07, 6.45) is 1.39. The van der Waals surface area contributed by atoms with Crippen LogP contribution in [0.5, 0.6) is 0 Å². The minimum absolute atomic E-state index is 0.173. The van der Waals surface area contributed by atoms with Gasteiger partial charge in [0.05, 0.1) is 59.1 Å². The SMILES string of the molecule is [2H]c1c([2H])c([2H])c(-n2c3c([2H])c([2H])c([2H])c([2H])c3c3c([2H])c(-c4c([2H])c([2H])c5c6c([2H])c([2H])c([2H])c([2H])c6n(-c6cccc(-c7ncnc8c7oc7ccc(-n9c%10ccccc%10c%10ccccc%109)cc78)c6)c5c4[2H])c([2H])c([2H])c32)c([2H])c1[2H]. The Balaban J connectivity index is 1.03. The van der Waals surface area contributed by atoms with Gasteiger partial charge < -0.3 is 18.1 Å². The van der Waals surface area contributed by atoms with Crippen molar-refractivity contribution >= 4 is 87.5 Å². The molecule has 0 radical (unpaired) electrons. The summed E-state index contributed by atoms with van der Waals surface area (Å²) in [7, 11) is 0. The molecule has 0 bridgehead atoms. The number of benzene rings is 9. The summed E-state index contributed by atoms with van der Waals surface area (Å²) in [6, 6.07) is 14.3. The number of rotatable bonds is 5. The third-order valence-corrected chi connectivity index (χ3v) is 11.7. The van der Waals surface area contributed by atoms with Crippen LogP contribution in [-0.4, -0.2) is 23.7 Å². The molecule has 0 aliphatic rings. The third-order valence-electron chi connectivity index (χ3n) is 11.7. The Morgan fingerprint density at radius 1 is 0.391 bits per heavy atom. The van der Waals surface area contributed by atoms with E-state index < -0.39 is 153 Å². The molecule has 0 amide bonds. The number of furan rings is 1. The molecule has 0 saturated heterocycles. The summed E-state index contributed by atoms with van der Waals surface area (Å²) in [5, 5.41) is 1.48. The number of para-hydroxylation sites is 5. The zero-order valence-corrected chi connectivity index (χ0v) is 32.9.